The largest absolute Gasteiger partial charge is 0.481 e. The maximum atomic E-state index is 12.8. The smallest absolute Gasteiger partial charge is 0.312 e. The molecular formula is C21H26N2O4. The van der Waals surface area contributed by atoms with Gasteiger partial charge in [0.25, 0.3) is 0 Å². The molecule has 0 bridgehead atoms. The quantitative estimate of drug-likeness (QED) is 0.378. The minimum absolute atomic E-state index is 0.105. The molecule has 144 valence electrons. The molecular weight excluding hydrogens is 344 g/mol. The number of hydrogen-bond acceptors (Lipinski definition) is 4. The van der Waals surface area contributed by atoms with E-state index in [2.05, 4.69) is 12.4 Å². The molecule has 1 atom stereocenters. The molecule has 0 saturated carbocycles. The molecule has 2 aromatic rings. The van der Waals surface area contributed by atoms with Gasteiger partial charge in [0.05, 0.1) is 11.6 Å². The van der Waals surface area contributed by atoms with E-state index in [9.17, 15) is 14.7 Å². The van der Waals surface area contributed by atoms with Crippen LogP contribution in [0.4, 0.5) is 0 Å². The third-order valence-electron chi connectivity index (χ3n) is 4.98. The minimum atomic E-state index is -0.838. The number of unbranched alkanes of at least 4 members (excludes halogenated alkanes) is 3. The Morgan fingerprint density at radius 2 is 1.93 bits per heavy atom. The Labute approximate surface area is 159 Å². The third-order valence-corrected chi connectivity index (χ3v) is 4.98. The van der Waals surface area contributed by atoms with Crippen molar-refractivity contribution in [3.8, 4) is 5.75 Å². The van der Waals surface area contributed by atoms with Gasteiger partial charge in [-0.15, -0.1) is 0 Å². The predicted molar refractivity (Wildman–Crippen MR) is 102 cm³/mol. The molecule has 1 aromatic carbocycles. The second kappa shape index (κ2) is 8.86. The average Bonchev–Trinajstić information content (AvgIpc) is 3.26. The lowest BCUT2D eigenvalue weighted by Crippen LogP contribution is -2.19. The lowest BCUT2D eigenvalue weighted by atomic mass is 10.1. The SMILES string of the molecule is CCCCCCNOc1ccc(C(=O)c2ccc3n2CCC3C(=O)O)cc1. The first-order chi connectivity index (χ1) is 13.1. The second-order valence-corrected chi connectivity index (χ2v) is 6.89. The number of ketones is 1. The number of aromatic nitrogens is 1. The van der Waals surface area contributed by atoms with Crippen molar-refractivity contribution >= 4 is 11.8 Å². The maximum Gasteiger partial charge on any atom is 0.312 e. The van der Waals surface area contributed by atoms with Gasteiger partial charge in [-0.1, -0.05) is 26.2 Å². The van der Waals surface area contributed by atoms with Crippen molar-refractivity contribution in [3.05, 3.63) is 53.3 Å². The van der Waals surface area contributed by atoms with Crippen LogP contribution in [0.2, 0.25) is 0 Å². The molecule has 3 rings (SSSR count). The Kier molecular flexibility index (Phi) is 6.29. The van der Waals surface area contributed by atoms with E-state index in [1.54, 1.807) is 36.4 Å². The molecule has 1 aliphatic heterocycles. The van der Waals surface area contributed by atoms with Crippen LogP contribution in [-0.4, -0.2) is 28.0 Å². The van der Waals surface area contributed by atoms with E-state index in [1.807, 2.05) is 4.57 Å². The Hall–Kier alpha value is -2.60. The fraction of sp³-hybridized carbons (Fsp3) is 0.429. The number of benzene rings is 1. The van der Waals surface area contributed by atoms with Crippen molar-refractivity contribution in [2.45, 2.75) is 51.5 Å². The van der Waals surface area contributed by atoms with Gasteiger partial charge in [-0.25, -0.2) is 0 Å². The van der Waals surface area contributed by atoms with Crippen molar-refractivity contribution < 1.29 is 19.5 Å². The third kappa shape index (κ3) is 4.39. The van der Waals surface area contributed by atoms with Crippen LogP contribution in [0.15, 0.2) is 36.4 Å². The van der Waals surface area contributed by atoms with Crippen molar-refractivity contribution in [1.82, 2.24) is 10.0 Å². The summed E-state index contributed by atoms with van der Waals surface area (Å²) in [6.45, 7) is 3.53. The Balaban J connectivity index is 1.59. The zero-order chi connectivity index (χ0) is 19.2. The summed E-state index contributed by atoms with van der Waals surface area (Å²) in [4.78, 5) is 29.6. The summed E-state index contributed by atoms with van der Waals surface area (Å²) in [5.41, 5.74) is 4.75. The first-order valence-corrected chi connectivity index (χ1v) is 9.58. The number of nitrogens with one attached hydrogen (secondary N) is 1. The van der Waals surface area contributed by atoms with E-state index in [-0.39, 0.29) is 5.78 Å². The summed E-state index contributed by atoms with van der Waals surface area (Å²) in [6, 6.07) is 10.5. The summed E-state index contributed by atoms with van der Waals surface area (Å²) in [7, 11) is 0. The van der Waals surface area contributed by atoms with E-state index >= 15 is 0 Å². The number of hydroxylamine groups is 1. The van der Waals surface area contributed by atoms with Gasteiger partial charge in [-0.3, -0.25) is 9.59 Å². The molecule has 0 fully saturated rings. The van der Waals surface area contributed by atoms with E-state index in [0.717, 1.165) is 13.0 Å². The number of carboxylic acids is 1. The van der Waals surface area contributed by atoms with Gasteiger partial charge in [0.15, 0.2) is 0 Å². The van der Waals surface area contributed by atoms with Crippen LogP contribution in [0.5, 0.6) is 5.75 Å². The van der Waals surface area contributed by atoms with Crippen molar-refractivity contribution in [2.75, 3.05) is 6.54 Å². The highest BCUT2D eigenvalue weighted by Gasteiger charge is 2.31. The van der Waals surface area contributed by atoms with E-state index < -0.39 is 11.9 Å². The maximum absolute atomic E-state index is 12.8. The fourth-order valence-corrected chi connectivity index (χ4v) is 3.47. The van der Waals surface area contributed by atoms with Gasteiger partial charge in [0.2, 0.25) is 5.78 Å². The predicted octanol–water partition coefficient (Wildman–Crippen LogP) is 3.75. The number of carboxylic acid groups (broad SMARTS) is 1. The van der Waals surface area contributed by atoms with Crippen molar-refractivity contribution in [1.29, 1.82) is 0 Å². The van der Waals surface area contributed by atoms with E-state index in [4.69, 9.17) is 4.84 Å². The topological polar surface area (TPSA) is 80.6 Å². The monoisotopic (exact) mass is 370 g/mol. The summed E-state index contributed by atoms with van der Waals surface area (Å²) in [5.74, 6) is -0.806. The number of carbonyl (C=O) groups excluding carboxylic acids is 1. The van der Waals surface area contributed by atoms with E-state index in [0.29, 0.717) is 35.7 Å². The highest BCUT2D eigenvalue weighted by molar-refractivity contribution is 6.08. The number of fused-ring (bicyclic) bond motifs is 1. The summed E-state index contributed by atoms with van der Waals surface area (Å²) in [6.07, 6.45) is 5.22. The molecule has 2 heterocycles. The first-order valence-electron chi connectivity index (χ1n) is 9.58. The number of hydrogen-bond donors (Lipinski definition) is 2. The highest BCUT2D eigenvalue weighted by Crippen LogP contribution is 2.31. The van der Waals surface area contributed by atoms with Crippen LogP contribution in [0.1, 0.15) is 66.7 Å². The number of aliphatic carboxylic acids is 1. The van der Waals surface area contributed by atoms with Crippen LogP contribution >= 0.6 is 0 Å². The van der Waals surface area contributed by atoms with Gasteiger partial charge >= 0.3 is 5.97 Å². The number of nitrogens with zero attached hydrogens (tertiary/aromatic N) is 1. The molecule has 0 aliphatic carbocycles. The highest BCUT2D eigenvalue weighted by atomic mass is 16.6. The van der Waals surface area contributed by atoms with Crippen LogP contribution in [0.3, 0.4) is 0 Å². The van der Waals surface area contributed by atoms with Gasteiger partial charge in [-0.05, 0) is 49.2 Å². The molecule has 27 heavy (non-hydrogen) atoms. The minimum Gasteiger partial charge on any atom is -0.481 e. The Morgan fingerprint density at radius 1 is 1.15 bits per heavy atom. The average molecular weight is 370 g/mol. The standard InChI is InChI=1S/C21H26N2O4/c1-2-3-4-5-13-22-27-16-8-6-15(7-9-16)20(24)19-11-10-18-17(21(25)26)12-14-23(18)19/h6-11,17,22H,2-5,12-14H2,1H3,(H,25,26). The van der Waals surface area contributed by atoms with Gasteiger partial charge in [-0.2, -0.15) is 5.48 Å². The number of carbonyl (C=O) groups is 2. The summed E-state index contributed by atoms with van der Waals surface area (Å²) in [5, 5.41) is 9.27. The molecule has 2 N–H and O–H groups in total. The fourth-order valence-electron chi connectivity index (χ4n) is 3.47. The zero-order valence-electron chi connectivity index (χ0n) is 15.6. The summed E-state index contributed by atoms with van der Waals surface area (Å²) >= 11 is 0. The Bertz CT molecular complexity index is 795. The lowest BCUT2D eigenvalue weighted by Gasteiger charge is -2.08. The van der Waals surface area contributed by atoms with Gasteiger partial charge in [0, 0.05) is 24.3 Å². The normalized spacial score (nSPS) is 15.5. The molecule has 1 aliphatic rings. The molecule has 0 amide bonds. The molecule has 0 spiro atoms. The van der Waals surface area contributed by atoms with Crippen molar-refractivity contribution in [2.24, 2.45) is 0 Å². The van der Waals surface area contributed by atoms with E-state index in [1.165, 1.54) is 19.3 Å². The number of rotatable bonds is 10. The van der Waals surface area contributed by atoms with Crippen LogP contribution < -0.4 is 10.3 Å². The molecule has 6 heteroatoms. The van der Waals surface area contributed by atoms with Crippen LogP contribution in [0, 0.1) is 0 Å². The Morgan fingerprint density at radius 3 is 2.63 bits per heavy atom. The van der Waals surface area contributed by atoms with Crippen LogP contribution in [-0.2, 0) is 11.3 Å². The summed E-state index contributed by atoms with van der Waals surface area (Å²) < 4.78 is 1.82. The molecule has 1 aromatic heterocycles. The molecule has 0 radical (unpaired) electrons. The second-order valence-electron chi connectivity index (χ2n) is 6.89. The molecule has 1 unspecified atom stereocenters. The van der Waals surface area contributed by atoms with Crippen molar-refractivity contribution in [3.63, 3.8) is 0 Å². The molecule has 0 saturated heterocycles. The van der Waals surface area contributed by atoms with Crippen LogP contribution in [0.25, 0.3) is 0 Å². The van der Waals surface area contributed by atoms with Gasteiger partial charge < -0.3 is 14.5 Å². The zero-order valence-corrected chi connectivity index (χ0v) is 15.6. The first kappa shape index (κ1) is 19.2. The lowest BCUT2D eigenvalue weighted by molar-refractivity contribution is -0.138. The van der Waals surface area contributed by atoms with Gasteiger partial charge in [0.1, 0.15) is 5.75 Å². The molecule has 6 nitrogen and oxygen atoms in total.